The summed E-state index contributed by atoms with van der Waals surface area (Å²) >= 11 is 0. The van der Waals surface area contributed by atoms with Gasteiger partial charge in [0, 0.05) is 30.4 Å². The number of amides is 1. The lowest BCUT2D eigenvalue weighted by Gasteiger charge is -2.16. The molecule has 9 nitrogen and oxygen atoms in total. The molecular weight excluding hydrogens is 392 g/mol. The Hall–Kier alpha value is -3.60. The molecule has 0 bridgehead atoms. The van der Waals surface area contributed by atoms with Gasteiger partial charge in [0.1, 0.15) is 11.6 Å². The van der Waals surface area contributed by atoms with Crippen molar-refractivity contribution in [2.24, 2.45) is 0 Å². The van der Waals surface area contributed by atoms with E-state index in [0.717, 1.165) is 24.3 Å². The molecule has 154 valence electrons. The number of nitro benzene ring substituents is 1. The van der Waals surface area contributed by atoms with E-state index in [0.29, 0.717) is 6.07 Å². The quantitative estimate of drug-likeness (QED) is 0.347. The number of hydrogen-bond acceptors (Lipinski definition) is 7. The van der Waals surface area contributed by atoms with Crippen LogP contribution in [0.2, 0.25) is 0 Å². The highest BCUT2D eigenvalue weighted by atomic mass is 19.1. The van der Waals surface area contributed by atoms with Crippen LogP contribution < -0.4 is 10.6 Å². The third-order valence-electron chi connectivity index (χ3n) is 3.70. The van der Waals surface area contributed by atoms with E-state index in [1.54, 1.807) is 0 Å². The Morgan fingerprint density at radius 1 is 1.21 bits per heavy atom. The van der Waals surface area contributed by atoms with Gasteiger partial charge in [-0.15, -0.1) is 0 Å². The molecule has 0 aliphatic heterocycles. The maximum Gasteiger partial charge on any atom is 0.341 e. The second-order valence-electron chi connectivity index (χ2n) is 5.80. The fourth-order valence-electron chi connectivity index (χ4n) is 2.26. The highest BCUT2D eigenvalue weighted by molar-refractivity contribution is 6.00. The first-order valence-corrected chi connectivity index (χ1v) is 8.33. The number of carbonyl (C=O) groups is 2. The number of nitro groups is 1. The summed E-state index contributed by atoms with van der Waals surface area (Å²) in [6.07, 6.45) is -1.39. The highest BCUT2D eigenvalue weighted by Crippen LogP contribution is 2.24. The molecule has 1 atom stereocenters. The molecule has 2 aromatic carbocycles. The maximum absolute atomic E-state index is 13.6. The van der Waals surface area contributed by atoms with Crippen LogP contribution in [0.5, 0.6) is 0 Å². The van der Waals surface area contributed by atoms with E-state index < -0.39 is 34.5 Å². The van der Waals surface area contributed by atoms with Crippen molar-refractivity contribution in [3.05, 3.63) is 63.7 Å². The molecule has 0 aliphatic rings. The molecular formula is C18H17F2N3O6. The lowest BCUT2D eigenvalue weighted by Crippen LogP contribution is -2.30. The number of rotatable bonds is 8. The van der Waals surface area contributed by atoms with Gasteiger partial charge in [0.2, 0.25) is 0 Å². The predicted octanol–water partition coefficient (Wildman–Crippen LogP) is 2.46. The third kappa shape index (κ3) is 5.69. The Balaban J connectivity index is 2.15. The van der Waals surface area contributed by atoms with E-state index in [-0.39, 0.29) is 35.8 Å². The highest BCUT2D eigenvalue weighted by Gasteiger charge is 2.23. The van der Waals surface area contributed by atoms with Crippen molar-refractivity contribution >= 4 is 28.9 Å². The molecule has 0 saturated heterocycles. The molecule has 0 fully saturated rings. The molecule has 2 aromatic rings. The van der Waals surface area contributed by atoms with E-state index in [1.165, 1.54) is 13.0 Å². The zero-order valence-electron chi connectivity index (χ0n) is 15.1. The van der Waals surface area contributed by atoms with Crippen LogP contribution in [0.4, 0.5) is 25.8 Å². The van der Waals surface area contributed by atoms with Crippen molar-refractivity contribution in [1.82, 2.24) is 0 Å². The minimum absolute atomic E-state index is 0.0674. The summed E-state index contributed by atoms with van der Waals surface area (Å²) in [5.74, 6) is -3.77. The standard InChI is InChI=1S/C18H17F2N3O6/c1-10(17(25)22-16-4-2-11(19)8-14(16)20)29-18(26)13-9-12(23(27)28)3-5-15(13)21-6-7-24/h2-5,8-10,21,24H,6-7H2,1H3,(H,22,25)/t10-/m0/s1. The fourth-order valence-corrected chi connectivity index (χ4v) is 2.26. The van der Waals surface area contributed by atoms with Gasteiger partial charge in [-0.1, -0.05) is 0 Å². The molecule has 3 N–H and O–H groups in total. The summed E-state index contributed by atoms with van der Waals surface area (Å²) < 4.78 is 31.6. The van der Waals surface area contributed by atoms with E-state index in [9.17, 15) is 28.5 Å². The van der Waals surface area contributed by atoms with Crippen molar-refractivity contribution in [1.29, 1.82) is 0 Å². The number of nitrogens with zero attached hydrogens (tertiary/aromatic N) is 1. The Labute approximate surface area is 163 Å². The van der Waals surface area contributed by atoms with Crippen LogP contribution >= 0.6 is 0 Å². The molecule has 0 radical (unpaired) electrons. The molecule has 0 heterocycles. The summed E-state index contributed by atoms with van der Waals surface area (Å²) in [6, 6.07) is 5.92. The lowest BCUT2D eigenvalue weighted by molar-refractivity contribution is -0.384. The normalized spacial score (nSPS) is 11.4. The monoisotopic (exact) mass is 409 g/mol. The number of aliphatic hydroxyl groups is 1. The van der Waals surface area contributed by atoms with Gasteiger partial charge in [-0.2, -0.15) is 0 Å². The second kappa shape index (κ2) is 9.55. The van der Waals surface area contributed by atoms with Crippen LogP contribution in [-0.4, -0.2) is 41.2 Å². The molecule has 2 rings (SSSR count). The average Bonchev–Trinajstić information content (AvgIpc) is 2.68. The number of hydrogen-bond donors (Lipinski definition) is 3. The lowest BCUT2D eigenvalue weighted by atomic mass is 10.1. The zero-order chi connectivity index (χ0) is 21.6. The van der Waals surface area contributed by atoms with Gasteiger partial charge in [-0.3, -0.25) is 14.9 Å². The number of carbonyl (C=O) groups excluding carboxylic acids is 2. The van der Waals surface area contributed by atoms with Gasteiger partial charge in [-0.25, -0.2) is 13.6 Å². The Bertz CT molecular complexity index is 938. The summed E-state index contributed by atoms with van der Waals surface area (Å²) in [6.45, 7) is 1.03. The van der Waals surface area contributed by atoms with Gasteiger partial charge in [0.15, 0.2) is 6.10 Å². The van der Waals surface area contributed by atoms with Gasteiger partial charge in [0.05, 0.1) is 22.8 Å². The van der Waals surface area contributed by atoms with Crippen LogP contribution in [0, 0.1) is 21.7 Å². The molecule has 11 heteroatoms. The SMILES string of the molecule is C[C@H](OC(=O)c1cc([N+](=O)[O-])ccc1NCCO)C(=O)Nc1ccc(F)cc1F. The van der Waals surface area contributed by atoms with Gasteiger partial charge < -0.3 is 20.5 Å². The van der Waals surface area contributed by atoms with Crippen LogP contribution in [0.1, 0.15) is 17.3 Å². The number of non-ortho nitro benzene ring substituents is 1. The van der Waals surface area contributed by atoms with E-state index in [2.05, 4.69) is 10.6 Å². The first-order chi connectivity index (χ1) is 13.7. The Morgan fingerprint density at radius 2 is 1.90 bits per heavy atom. The minimum Gasteiger partial charge on any atom is -0.449 e. The van der Waals surface area contributed by atoms with E-state index in [4.69, 9.17) is 9.84 Å². The average molecular weight is 409 g/mol. The first-order valence-electron chi connectivity index (χ1n) is 8.33. The van der Waals surface area contributed by atoms with Gasteiger partial charge >= 0.3 is 5.97 Å². The van der Waals surface area contributed by atoms with Crippen LogP contribution in [0.15, 0.2) is 36.4 Å². The molecule has 29 heavy (non-hydrogen) atoms. The topological polar surface area (TPSA) is 131 Å². The van der Waals surface area contributed by atoms with Crippen molar-refractivity contribution in [2.45, 2.75) is 13.0 Å². The number of benzene rings is 2. The molecule has 0 spiro atoms. The molecule has 1 amide bonds. The first kappa shape index (κ1) is 21.7. The number of anilines is 2. The van der Waals surface area contributed by atoms with Gasteiger partial charge in [0.25, 0.3) is 11.6 Å². The molecule has 0 unspecified atom stereocenters. The third-order valence-corrected chi connectivity index (χ3v) is 3.70. The summed E-state index contributed by atoms with van der Waals surface area (Å²) in [5.41, 5.74) is -0.746. The van der Waals surface area contributed by atoms with E-state index >= 15 is 0 Å². The smallest absolute Gasteiger partial charge is 0.341 e. The summed E-state index contributed by atoms with van der Waals surface area (Å²) in [7, 11) is 0. The van der Waals surface area contributed by atoms with Crippen molar-refractivity contribution in [3.63, 3.8) is 0 Å². The van der Waals surface area contributed by atoms with Crippen LogP contribution in [-0.2, 0) is 9.53 Å². The number of esters is 1. The molecule has 0 aromatic heterocycles. The van der Waals surface area contributed by atoms with Crippen molar-refractivity contribution in [3.8, 4) is 0 Å². The maximum atomic E-state index is 13.6. The van der Waals surface area contributed by atoms with Gasteiger partial charge in [-0.05, 0) is 25.1 Å². The van der Waals surface area contributed by atoms with Crippen molar-refractivity contribution in [2.75, 3.05) is 23.8 Å². The summed E-state index contributed by atoms with van der Waals surface area (Å²) in [4.78, 5) is 34.8. The largest absolute Gasteiger partial charge is 0.449 e. The number of ether oxygens (including phenoxy) is 1. The van der Waals surface area contributed by atoms with Crippen LogP contribution in [0.25, 0.3) is 0 Å². The number of halogens is 2. The summed E-state index contributed by atoms with van der Waals surface area (Å²) in [5, 5.41) is 24.7. The fraction of sp³-hybridized carbons (Fsp3) is 0.222. The van der Waals surface area contributed by atoms with Crippen molar-refractivity contribution < 1.29 is 33.1 Å². The second-order valence-corrected chi connectivity index (χ2v) is 5.80. The number of nitrogens with one attached hydrogen (secondary N) is 2. The van der Waals surface area contributed by atoms with E-state index in [1.807, 2.05) is 0 Å². The zero-order valence-corrected chi connectivity index (χ0v) is 15.1. The van der Waals surface area contributed by atoms with Crippen LogP contribution in [0.3, 0.4) is 0 Å². The molecule has 0 saturated carbocycles. The Kier molecular flexibility index (Phi) is 7.15. The predicted molar refractivity (Wildman–Crippen MR) is 98.5 cm³/mol. The number of aliphatic hydroxyl groups excluding tert-OH is 1. The Morgan fingerprint density at radius 3 is 2.52 bits per heavy atom. The molecule has 0 aliphatic carbocycles. The minimum atomic E-state index is -1.39.